The van der Waals surface area contributed by atoms with Crippen LogP contribution in [0, 0.1) is 4.84 Å². The molecule has 0 saturated carbocycles. The summed E-state index contributed by atoms with van der Waals surface area (Å²) in [5.41, 5.74) is 4.20. The number of rotatable bonds is 3. The number of aromatic hydroxyl groups is 1. The fourth-order valence-electron chi connectivity index (χ4n) is 2.30. The number of oxazole rings is 1. The first-order valence-corrected chi connectivity index (χ1v) is 8.40. The number of anilines is 1. The zero-order valence-corrected chi connectivity index (χ0v) is 14.4. The van der Waals surface area contributed by atoms with Gasteiger partial charge in [-0.25, -0.2) is 0 Å². The Kier molecular flexibility index (Phi) is 4.48. The highest BCUT2D eigenvalue weighted by Crippen LogP contribution is 2.44. The van der Waals surface area contributed by atoms with E-state index in [4.69, 9.17) is 16.6 Å². The average molecular weight is 344 g/mol. The fraction of sp³-hybridized carbons (Fsp3) is 0.176. The van der Waals surface area contributed by atoms with Gasteiger partial charge in [0.15, 0.2) is 5.76 Å². The van der Waals surface area contributed by atoms with Gasteiger partial charge in [0, 0.05) is 24.6 Å². The molecule has 0 unspecified atom stereocenters. The van der Waals surface area contributed by atoms with E-state index < -0.39 is 0 Å². The summed E-state index contributed by atoms with van der Waals surface area (Å²) < 4.78 is 6.86. The molecule has 0 spiro atoms. The minimum Gasteiger partial charge on any atom is -0.492 e. The van der Waals surface area contributed by atoms with Crippen molar-refractivity contribution in [3.8, 4) is 5.88 Å². The molecule has 0 fully saturated rings. The Balaban J connectivity index is 1.81. The number of benzene rings is 1. The van der Waals surface area contributed by atoms with Crippen LogP contribution in [-0.4, -0.2) is 16.7 Å². The van der Waals surface area contributed by atoms with Crippen molar-refractivity contribution in [3.05, 3.63) is 57.8 Å². The van der Waals surface area contributed by atoms with Crippen molar-refractivity contribution in [2.75, 3.05) is 11.9 Å². The third-order valence-corrected chi connectivity index (χ3v) is 5.01. The van der Waals surface area contributed by atoms with E-state index in [1.807, 2.05) is 32.2 Å². The topological polar surface area (TPSA) is 41.5 Å². The van der Waals surface area contributed by atoms with Gasteiger partial charge in [-0.05, 0) is 43.4 Å². The van der Waals surface area contributed by atoms with Gasteiger partial charge in [-0.1, -0.05) is 23.9 Å². The summed E-state index contributed by atoms with van der Waals surface area (Å²) in [6.45, 7) is 2.46. The van der Waals surface area contributed by atoms with E-state index in [1.54, 1.807) is 23.9 Å². The molecule has 6 heteroatoms. The van der Waals surface area contributed by atoms with Crippen LogP contribution in [0.2, 0.25) is 0 Å². The largest absolute Gasteiger partial charge is 0.492 e. The van der Waals surface area contributed by atoms with E-state index in [0.717, 1.165) is 5.03 Å². The van der Waals surface area contributed by atoms with Crippen molar-refractivity contribution >= 4 is 35.7 Å². The summed E-state index contributed by atoms with van der Waals surface area (Å²) >= 11 is 6.75. The zero-order valence-electron chi connectivity index (χ0n) is 12.8. The molecular weight excluding hydrogens is 328 g/mol. The Morgan fingerprint density at radius 1 is 1.39 bits per heavy atom. The first kappa shape index (κ1) is 15.7. The Morgan fingerprint density at radius 2 is 2.17 bits per heavy atom. The summed E-state index contributed by atoms with van der Waals surface area (Å²) in [5, 5.41) is 11.1. The molecule has 0 amide bonds. The first-order valence-electron chi connectivity index (χ1n) is 7.17. The van der Waals surface area contributed by atoms with Gasteiger partial charge < -0.3 is 14.4 Å². The van der Waals surface area contributed by atoms with Gasteiger partial charge in [0.2, 0.25) is 5.88 Å². The lowest BCUT2D eigenvalue weighted by molar-refractivity contribution is 0.419. The highest BCUT2D eigenvalue weighted by Gasteiger charge is 2.20. The monoisotopic (exact) mass is 344 g/mol. The number of hydrogen-bond acceptors (Lipinski definition) is 5. The maximum absolute atomic E-state index is 9.97. The fourth-order valence-corrected chi connectivity index (χ4v) is 3.65. The van der Waals surface area contributed by atoms with Crippen LogP contribution >= 0.6 is 24.0 Å². The highest BCUT2D eigenvalue weighted by atomic mass is 32.2. The quantitative estimate of drug-likeness (QED) is 0.640. The molecule has 1 aromatic carbocycles. The normalized spacial score (nSPS) is 14.7. The van der Waals surface area contributed by atoms with Gasteiger partial charge in [0.25, 0.3) is 4.84 Å². The molecule has 2 heterocycles. The van der Waals surface area contributed by atoms with Crippen LogP contribution in [0.5, 0.6) is 5.88 Å². The first-order chi connectivity index (χ1) is 11.1. The molecule has 0 atom stereocenters. The number of aromatic nitrogens is 1. The van der Waals surface area contributed by atoms with Crippen molar-refractivity contribution in [3.63, 3.8) is 0 Å². The standard InChI is InChI=1S/C17H16N2O2S2/c1-3-19-16(20)13(21-17(19)22)9-5-7-11-15-18(2)12-8-4-6-10-14(12)23-15/h4,6-11,20H,3H2,1-2H3. The van der Waals surface area contributed by atoms with E-state index in [-0.39, 0.29) is 10.7 Å². The summed E-state index contributed by atoms with van der Waals surface area (Å²) in [6, 6.07) is 8.27. The molecule has 0 aliphatic carbocycles. The number of fused-ring (bicyclic) bond motifs is 1. The van der Waals surface area contributed by atoms with E-state index in [2.05, 4.69) is 22.8 Å². The van der Waals surface area contributed by atoms with Crippen LogP contribution in [0.3, 0.4) is 0 Å². The number of para-hydroxylation sites is 1. The van der Waals surface area contributed by atoms with Crippen molar-refractivity contribution < 1.29 is 9.52 Å². The summed E-state index contributed by atoms with van der Waals surface area (Å²) in [4.78, 5) is 3.63. The molecule has 3 rings (SSSR count). The molecule has 0 radical (unpaired) electrons. The summed E-state index contributed by atoms with van der Waals surface area (Å²) in [7, 11) is 2.04. The molecule has 4 nitrogen and oxygen atoms in total. The highest BCUT2D eigenvalue weighted by molar-refractivity contribution is 8.03. The second-order valence-electron chi connectivity index (χ2n) is 4.91. The minimum atomic E-state index is 0.0332. The van der Waals surface area contributed by atoms with E-state index in [1.165, 1.54) is 15.1 Å². The maximum Gasteiger partial charge on any atom is 0.272 e. The number of allylic oxidation sites excluding steroid dienone is 2. The molecule has 118 valence electrons. The van der Waals surface area contributed by atoms with Crippen LogP contribution in [0.15, 0.2) is 56.5 Å². The maximum atomic E-state index is 9.97. The van der Waals surface area contributed by atoms with Crippen LogP contribution < -0.4 is 4.90 Å². The lowest BCUT2D eigenvalue weighted by Crippen LogP contribution is -2.08. The van der Waals surface area contributed by atoms with Gasteiger partial charge in [-0.3, -0.25) is 4.57 Å². The predicted octanol–water partition coefficient (Wildman–Crippen LogP) is 4.79. The molecule has 23 heavy (non-hydrogen) atoms. The van der Waals surface area contributed by atoms with E-state index in [9.17, 15) is 5.11 Å². The molecule has 1 aliphatic rings. The van der Waals surface area contributed by atoms with Crippen LogP contribution in [-0.2, 0) is 6.54 Å². The molecular formula is C17H16N2O2S2. The summed E-state index contributed by atoms with van der Waals surface area (Å²) in [6.07, 6.45) is 5.36. The second kappa shape index (κ2) is 6.54. The average Bonchev–Trinajstić information content (AvgIpc) is 3.01. The lowest BCUT2D eigenvalue weighted by atomic mass is 10.3. The molecule has 2 aromatic rings. The molecule has 1 N–H and O–H groups in total. The van der Waals surface area contributed by atoms with E-state index in [0.29, 0.717) is 12.3 Å². The smallest absolute Gasteiger partial charge is 0.272 e. The molecule has 0 saturated heterocycles. The van der Waals surface area contributed by atoms with E-state index >= 15 is 0 Å². The molecule has 1 aliphatic heterocycles. The predicted molar refractivity (Wildman–Crippen MR) is 96.2 cm³/mol. The minimum absolute atomic E-state index is 0.0332. The second-order valence-corrected chi connectivity index (χ2v) is 6.32. The van der Waals surface area contributed by atoms with Gasteiger partial charge in [0.05, 0.1) is 10.7 Å². The van der Waals surface area contributed by atoms with Crippen LogP contribution in [0.1, 0.15) is 12.7 Å². The number of nitrogens with zero attached hydrogens (tertiary/aromatic N) is 2. The zero-order chi connectivity index (χ0) is 16.4. The van der Waals surface area contributed by atoms with Crippen molar-refractivity contribution in [1.29, 1.82) is 0 Å². The van der Waals surface area contributed by atoms with Gasteiger partial charge in [-0.2, -0.15) is 0 Å². The van der Waals surface area contributed by atoms with Gasteiger partial charge in [-0.15, -0.1) is 5.73 Å². The van der Waals surface area contributed by atoms with Crippen LogP contribution in [0.4, 0.5) is 5.69 Å². The van der Waals surface area contributed by atoms with Crippen molar-refractivity contribution in [2.24, 2.45) is 0 Å². The van der Waals surface area contributed by atoms with Gasteiger partial charge >= 0.3 is 0 Å². The van der Waals surface area contributed by atoms with Crippen molar-refractivity contribution in [1.82, 2.24) is 4.57 Å². The number of hydrogen-bond donors (Lipinski definition) is 1. The third-order valence-electron chi connectivity index (χ3n) is 3.52. The lowest BCUT2D eigenvalue weighted by Gasteiger charge is -2.12. The Hall–Kier alpha value is -2.14. The Morgan fingerprint density at radius 3 is 2.87 bits per heavy atom. The number of thioether (sulfide) groups is 1. The molecule has 0 bridgehead atoms. The third kappa shape index (κ3) is 3.01. The van der Waals surface area contributed by atoms with Gasteiger partial charge in [0.1, 0.15) is 0 Å². The van der Waals surface area contributed by atoms with Crippen LogP contribution in [0.25, 0.3) is 6.08 Å². The molecule has 1 aromatic heterocycles. The van der Waals surface area contributed by atoms with Crippen molar-refractivity contribution in [2.45, 2.75) is 18.4 Å². The Labute approximate surface area is 144 Å². The summed E-state index contributed by atoms with van der Waals surface area (Å²) in [5.74, 6) is 0.355. The SMILES string of the molecule is CCn1c(O)c(C=C=CC=C2Sc3ccccc3N2C)oc1=S. The Bertz CT molecular complexity index is 886.